The van der Waals surface area contributed by atoms with Gasteiger partial charge in [0, 0.05) is 23.0 Å². The standard InChI is InChI=1S/C17H17NO2S/c1-19-15-8-7-13(9-16(15)20-2)18-10-12-11-21-17-6-4-3-5-14(12)17/h3-9,11,18H,10H2,1-2H3. The third kappa shape index (κ3) is 2.81. The Morgan fingerprint density at radius 2 is 1.81 bits per heavy atom. The molecular formula is C17H17NO2S. The number of methoxy groups -OCH3 is 2. The van der Waals surface area contributed by atoms with E-state index in [4.69, 9.17) is 9.47 Å². The van der Waals surface area contributed by atoms with Gasteiger partial charge in [0.1, 0.15) is 0 Å². The van der Waals surface area contributed by atoms with Crippen LogP contribution in [0.5, 0.6) is 11.5 Å². The summed E-state index contributed by atoms with van der Waals surface area (Å²) in [5.41, 5.74) is 2.33. The van der Waals surface area contributed by atoms with E-state index in [1.54, 1.807) is 25.6 Å². The second-order valence-corrected chi connectivity index (χ2v) is 5.59. The first-order valence-corrected chi connectivity index (χ1v) is 7.61. The fourth-order valence-electron chi connectivity index (χ4n) is 2.31. The highest BCUT2D eigenvalue weighted by Crippen LogP contribution is 2.31. The summed E-state index contributed by atoms with van der Waals surface area (Å²) in [6, 6.07) is 14.3. The number of rotatable bonds is 5. The zero-order valence-corrected chi connectivity index (χ0v) is 12.9. The highest BCUT2D eigenvalue weighted by Gasteiger charge is 2.06. The van der Waals surface area contributed by atoms with Crippen LogP contribution in [0.2, 0.25) is 0 Å². The molecule has 108 valence electrons. The second-order valence-electron chi connectivity index (χ2n) is 4.68. The van der Waals surface area contributed by atoms with Crippen molar-refractivity contribution in [3.63, 3.8) is 0 Å². The first-order chi connectivity index (χ1) is 10.3. The molecule has 1 heterocycles. The van der Waals surface area contributed by atoms with E-state index in [-0.39, 0.29) is 0 Å². The Kier molecular flexibility index (Phi) is 3.97. The quantitative estimate of drug-likeness (QED) is 0.751. The minimum Gasteiger partial charge on any atom is -0.493 e. The lowest BCUT2D eigenvalue weighted by molar-refractivity contribution is 0.355. The Hall–Kier alpha value is -2.20. The monoisotopic (exact) mass is 299 g/mol. The van der Waals surface area contributed by atoms with Crippen molar-refractivity contribution in [2.45, 2.75) is 6.54 Å². The molecule has 4 heteroatoms. The average molecular weight is 299 g/mol. The van der Waals surface area contributed by atoms with Crippen molar-refractivity contribution in [2.24, 2.45) is 0 Å². The molecule has 0 unspecified atom stereocenters. The summed E-state index contributed by atoms with van der Waals surface area (Å²) in [6.45, 7) is 0.791. The van der Waals surface area contributed by atoms with E-state index in [1.807, 2.05) is 18.2 Å². The minimum atomic E-state index is 0.734. The SMILES string of the molecule is COc1ccc(NCc2csc3ccccc23)cc1OC. The molecule has 0 bridgehead atoms. The Morgan fingerprint density at radius 1 is 1.00 bits per heavy atom. The van der Waals surface area contributed by atoms with Gasteiger partial charge in [0.15, 0.2) is 11.5 Å². The predicted molar refractivity (Wildman–Crippen MR) is 88.7 cm³/mol. The van der Waals surface area contributed by atoms with Crippen LogP contribution in [0.15, 0.2) is 47.8 Å². The molecule has 2 aromatic carbocycles. The molecule has 0 atom stereocenters. The number of thiophene rings is 1. The molecule has 0 fully saturated rings. The summed E-state index contributed by atoms with van der Waals surface area (Å²) in [5.74, 6) is 1.47. The summed E-state index contributed by atoms with van der Waals surface area (Å²) >= 11 is 1.78. The number of hydrogen-bond acceptors (Lipinski definition) is 4. The molecule has 0 saturated carbocycles. The van der Waals surface area contributed by atoms with Gasteiger partial charge in [-0.2, -0.15) is 0 Å². The summed E-state index contributed by atoms with van der Waals surface area (Å²) in [6.07, 6.45) is 0. The van der Waals surface area contributed by atoms with Gasteiger partial charge in [0.2, 0.25) is 0 Å². The molecule has 0 radical (unpaired) electrons. The fourth-order valence-corrected chi connectivity index (χ4v) is 3.28. The van der Waals surface area contributed by atoms with Gasteiger partial charge < -0.3 is 14.8 Å². The van der Waals surface area contributed by atoms with E-state index in [2.05, 4.69) is 35.0 Å². The largest absolute Gasteiger partial charge is 0.493 e. The van der Waals surface area contributed by atoms with E-state index in [0.29, 0.717) is 0 Å². The van der Waals surface area contributed by atoms with Crippen molar-refractivity contribution < 1.29 is 9.47 Å². The molecule has 1 aromatic heterocycles. The van der Waals surface area contributed by atoms with E-state index in [0.717, 1.165) is 23.7 Å². The van der Waals surface area contributed by atoms with E-state index in [1.165, 1.54) is 15.6 Å². The lowest BCUT2D eigenvalue weighted by atomic mass is 10.2. The maximum Gasteiger partial charge on any atom is 0.162 e. The predicted octanol–water partition coefficient (Wildman–Crippen LogP) is 4.53. The Labute approximate surface area is 128 Å². The smallest absolute Gasteiger partial charge is 0.162 e. The van der Waals surface area contributed by atoms with Crippen LogP contribution < -0.4 is 14.8 Å². The van der Waals surface area contributed by atoms with Crippen molar-refractivity contribution in [3.05, 3.63) is 53.4 Å². The molecule has 21 heavy (non-hydrogen) atoms. The molecule has 0 amide bonds. The molecule has 1 N–H and O–H groups in total. The van der Waals surface area contributed by atoms with Crippen LogP contribution in [0, 0.1) is 0 Å². The first kappa shape index (κ1) is 13.8. The number of ether oxygens (including phenoxy) is 2. The fraction of sp³-hybridized carbons (Fsp3) is 0.176. The van der Waals surface area contributed by atoms with Gasteiger partial charge in [0.25, 0.3) is 0 Å². The van der Waals surface area contributed by atoms with Crippen molar-refractivity contribution in [1.82, 2.24) is 0 Å². The Bertz CT molecular complexity index is 751. The van der Waals surface area contributed by atoms with Gasteiger partial charge in [-0.15, -0.1) is 11.3 Å². The summed E-state index contributed by atoms with van der Waals surface area (Å²) in [7, 11) is 3.29. The number of benzene rings is 2. The maximum absolute atomic E-state index is 5.32. The molecule has 0 spiro atoms. The van der Waals surface area contributed by atoms with Crippen LogP contribution in [0.25, 0.3) is 10.1 Å². The van der Waals surface area contributed by atoms with Gasteiger partial charge in [0.05, 0.1) is 14.2 Å². The number of hydrogen-bond donors (Lipinski definition) is 1. The molecule has 3 rings (SSSR count). The van der Waals surface area contributed by atoms with E-state index < -0.39 is 0 Å². The Balaban J connectivity index is 1.78. The normalized spacial score (nSPS) is 10.6. The lowest BCUT2D eigenvalue weighted by Crippen LogP contribution is -1.99. The number of fused-ring (bicyclic) bond motifs is 1. The van der Waals surface area contributed by atoms with E-state index in [9.17, 15) is 0 Å². The van der Waals surface area contributed by atoms with Crippen molar-refractivity contribution >= 4 is 27.1 Å². The zero-order valence-electron chi connectivity index (χ0n) is 12.1. The third-order valence-electron chi connectivity index (χ3n) is 3.43. The maximum atomic E-state index is 5.32. The second kappa shape index (κ2) is 6.06. The number of anilines is 1. The van der Waals surface area contributed by atoms with E-state index >= 15 is 0 Å². The zero-order chi connectivity index (χ0) is 14.7. The summed E-state index contributed by atoms with van der Waals surface area (Å²) < 4.78 is 11.9. The minimum absolute atomic E-state index is 0.734. The average Bonchev–Trinajstić information content (AvgIpc) is 2.96. The van der Waals surface area contributed by atoms with Crippen LogP contribution in [-0.4, -0.2) is 14.2 Å². The van der Waals surface area contributed by atoms with Crippen molar-refractivity contribution in [3.8, 4) is 11.5 Å². The first-order valence-electron chi connectivity index (χ1n) is 6.73. The highest BCUT2D eigenvalue weighted by atomic mass is 32.1. The van der Waals surface area contributed by atoms with Crippen LogP contribution in [-0.2, 0) is 6.54 Å². The molecule has 3 nitrogen and oxygen atoms in total. The van der Waals surface area contributed by atoms with Gasteiger partial charge in [-0.3, -0.25) is 0 Å². The van der Waals surface area contributed by atoms with Gasteiger partial charge in [-0.1, -0.05) is 18.2 Å². The van der Waals surface area contributed by atoms with Crippen LogP contribution in [0.1, 0.15) is 5.56 Å². The molecule has 0 aliphatic carbocycles. The molecular weight excluding hydrogens is 282 g/mol. The molecule has 0 saturated heterocycles. The topological polar surface area (TPSA) is 30.5 Å². The van der Waals surface area contributed by atoms with Gasteiger partial charge in [-0.05, 0) is 34.5 Å². The van der Waals surface area contributed by atoms with Crippen molar-refractivity contribution in [1.29, 1.82) is 0 Å². The lowest BCUT2D eigenvalue weighted by Gasteiger charge is -2.11. The number of nitrogens with one attached hydrogen (secondary N) is 1. The molecule has 0 aliphatic rings. The van der Waals surface area contributed by atoms with Crippen molar-refractivity contribution in [2.75, 3.05) is 19.5 Å². The van der Waals surface area contributed by atoms with Gasteiger partial charge in [-0.25, -0.2) is 0 Å². The summed E-state index contributed by atoms with van der Waals surface area (Å²) in [5, 5.41) is 6.96. The van der Waals surface area contributed by atoms with Gasteiger partial charge >= 0.3 is 0 Å². The summed E-state index contributed by atoms with van der Waals surface area (Å²) in [4.78, 5) is 0. The van der Waals surface area contributed by atoms with Crippen LogP contribution in [0.4, 0.5) is 5.69 Å². The third-order valence-corrected chi connectivity index (χ3v) is 4.44. The molecule has 3 aromatic rings. The van der Waals surface area contributed by atoms with Crippen LogP contribution in [0.3, 0.4) is 0 Å². The molecule has 0 aliphatic heterocycles. The Morgan fingerprint density at radius 3 is 2.62 bits per heavy atom. The highest BCUT2D eigenvalue weighted by molar-refractivity contribution is 7.17. The van der Waals surface area contributed by atoms with Crippen LogP contribution >= 0.6 is 11.3 Å².